The highest BCUT2D eigenvalue weighted by Gasteiger charge is 2.25. The van der Waals surface area contributed by atoms with Gasteiger partial charge in [0.1, 0.15) is 6.10 Å². The predicted molar refractivity (Wildman–Crippen MR) is 77.0 cm³/mol. The summed E-state index contributed by atoms with van der Waals surface area (Å²) in [6.07, 6.45) is 11.0. The Balaban J connectivity index is 0.00000116. The number of rotatable bonds is 4. The van der Waals surface area contributed by atoms with Crippen LogP contribution in [-0.4, -0.2) is 32.0 Å². The minimum Gasteiger partial charge on any atom is -0.344 e. The number of aryl methyl sites for hydroxylation is 1. The average molecular weight is 330 g/mol. The molecule has 2 rings (SSSR count). The van der Waals surface area contributed by atoms with Gasteiger partial charge in [0.05, 0.1) is 6.61 Å². The normalized spacial score (nSPS) is 20.4. The first-order chi connectivity index (χ1) is 10.3. The summed E-state index contributed by atoms with van der Waals surface area (Å²) in [5, 5.41) is 0. The zero-order chi connectivity index (χ0) is 16.9. The van der Waals surface area contributed by atoms with E-state index in [1.807, 2.05) is 0 Å². The van der Waals surface area contributed by atoms with Gasteiger partial charge in [-0.15, -0.1) is 12.8 Å². The summed E-state index contributed by atoms with van der Waals surface area (Å²) in [5.74, 6) is 0. The molecule has 3 N–H and O–H groups in total. The van der Waals surface area contributed by atoms with Crippen molar-refractivity contribution in [1.82, 2.24) is 9.55 Å². The minimum atomic E-state index is -4.56. The van der Waals surface area contributed by atoms with Crippen molar-refractivity contribution in [2.45, 2.75) is 19.3 Å². The lowest BCUT2D eigenvalue weighted by Crippen LogP contribution is -2.33. The number of aromatic amines is 1. The molecule has 1 aliphatic rings. The van der Waals surface area contributed by atoms with Gasteiger partial charge in [-0.3, -0.25) is 18.9 Å². The van der Waals surface area contributed by atoms with Gasteiger partial charge in [0, 0.05) is 11.8 Å². The van der Waals surface area contributed by atoms with E-state index in [1.54, 1.807) is 6.92 Å². The SMILES string of the molecule is C#C.Cc1cn(C2C=CC(COP(=O)(O)O)O2)c(=O)[nH]c1=O. The van der Waals surface area contributed by atoms with E-state index >= 15 is 0 Å². The van der Waals surface area contributed by atoms with Gasteiger partial charge in [-0.25, -0.2) is 9.36 Å². The molecule has 0 fully saturated rings. The fourth-order valence-electron chi connectivity index (χ4n) is 1.69. The molecule has 10 heteroatoms. The Bertz CT molecular complexity index is 727. The summed E-state index contributed by atoms with van der Waals surface area (Å²) in [5.41, 5.74) is -0.766. The Hall–Kier alpha value is -1.95. The number of hydrogen-bond donors (Lipinski definition) is 3. The van der Waals surface area contributed by atoms with Gasteiger partial charge in [-0.05, 0) is 13.0 Å². The van der Waals surface area contributed by atoms with Crippen molar-refractivity contribution in [3.05, 3.63) is 44.8 Å². The van der Waals surface area contributed by atoms with E-state index in [1.165, 1.54) is 22.9 Å². The summed E-state index contributed by atoms with van der Waals surface area (Å²) in [6, 6.07) is 0. The molecule has 0 amide bonds. The average Bonchev–Trinajstić information content (AvgIpc) is 2.91. The summed E-state index contributed by atoms with van der Waals surface area (Å²) in [6.45, 7) is 1.20. The third-order valence-electron chi connectivity index (χ3n) is 2.63. The Morgan fingerprint density at radius 2 is 2.05 bits per heavy atom. The smallest absolute Gasteiger partial charge is 0.344 e. The number of ether oxygens (including phenoxy) is 1. The van der Waals surface area contributed by atoms with Gasteiger partial charge in [-0.2, -0.15) is 0 Å². The van der Waals surface area contributed by atoms with Crippen LogP contribution in [0, 0.1) is 19.8 Å². The molecule has 1 aliphatic heterocycles. The highest BCUT2D eigenvalue weighted by molar-refractivity contribution is 7.46. The number of phosphoric acid groups is 1. The number of H-pyrrole nitrogens is 1. The van der Waals surface area contributed by atoms with Gasteiger partial charge >= 0.3 is 13.5 Å². The van der Waals surface area contributed by atoms with Gasteiger partial charge in [-0.1, -0.05) is 6.08 Å². The molecule has 0 radical (unpaired) electrons. The van der Waals surface area contributed by atoms with Crippen LogP contribution in [0.25, 0.3) is 0 Å². The number of nitrogens with one attached hydrogen (secondary N) is 1. The molecule has 2 unspecified atom stereocenters. The summed E-state index contributed by atoms with van der Waals surface area (Å²) >= 11 is 0. The Kier molecular flexibility index (Phi) is 6.05. The van der Waals surface area contributed by atoms with Crippen LogP contribution in [0.3, 0.4) is 0 Å². The zero-order valence-electron chi connectivity index (χ0n) is 11.6. The van der Waals surface area contributed by atoms with E-state index in [0.29, 0.717) is 5.56 Å². The van der Waals surface area contributed by atoms with E-state index in [9.17, 15) is 14.2 Å². The van der Waals surface area contributed by atoms with Crippen molar-refractivity contribution >= 4 is 7.82 Å². The highest BCUT2D eigenvalue weighted by Crippen LogP contribution is 2.36. The van der Waals surface area contributed by atoms with Gasteiger partial charge in [0.2, 0.25) is 0 Å². The van der Waals surface area contributed by atoms with Crippen molar-refractivity contribution in [1.29, 1.82) is 0 Å². The van der Waals surface area contributed by atoms with E-state index in [2.05, 4.69) is 22.4 Å². The Morgan fingerprint density at radius 1 is 1.41 bits per heavy atom. The molecule has 0 aromatic carbocycles. The first kappa shape index (κ1) is 18.1. The first-order valence-corrected chi connectivity index (χ1v) is 7.48. The Labute approximate surface area is 125 Å². The lowest BCUT2D eigenvalue weighted by Gasteiger charge is -2.16. The summed E-state index contributed by atoms with van der Waals surface area (Å²) in [7, 11) is -4.56. The van der Waals surface area contributed by atoms with Crippen molar-refractivity contribution in [2.75, 3.05) is 6.61 Å². The van der Waals surface area contributed by atoms with Crippen LogP contribution in [0.1, 0.15) is 11.8 Å². The maximum atomic E-state index is 11.6. The largest absolute Gasteiger partial charge is 0.469 e. The van der Waals surface area contributed by atoms with E-state index in [4.69, 9.17) is 14.5 Å². The molecule has 0 aliphatic carbocycles. The van der Waals surface area contributed by atoms with E-state index in [0.717, 1.165) is 0 Å². The third-order valence-corrected chi connectivity index (χ3v) is 3.12. The van der Waals surface area contributed by atoms with Gasteiger partial charge in [0.15, 0.2) is 6.23 Å². The molecular weight excluding hydrogens is 315 g/mol. The molecule has 1 aromatic heterocycles. The van der Waals surface area contributed by atoms with Crippen LogP contribution >= 0.6 is 7.82 Å². The van der Waals surface area contributed by atoms with Crippen LogP contribution in [0.2, 0.25) is 0 Å². The highest BCUT2D eigenvalue weighted by atomic mass is 31.2. The van der Waals surface area contributed by atoms with Crippen molar-refractivity contribution < 1.29 is 23.6 Å². The monoisotopic (exact) mass is 330 g/mol. The molecule has 0 spiro atoms. The number of terminal acetylenes is 1. The van der Waals surface area contributed by atoms with E-state index < -0.39 is 31.4 Å². The summed E-state index contributed by atoms with van der Waals surface area (Å²) in [4.78, 5) is 42.2. The molecule has 2 heterocycles. The molecular formula is C12H15N2O7P. The second-order valence-electron chi connectivity index (χ2n) is 4.21. The maximum Gasteiger partial charge on any atom is 0.469 e. The molecule has 0 bridgehead atoms. The van der Waals surface area contributed by atoms with Crippen LogP contribution in [0.5, 0.6) is 0 Å². The molecule has 120 valence electrons. The lowest BCUT2D eigenvalue weighted by molar-refractivity contribution is -0.0105. The maximum absolute atomic E-state index is 11.6. The standard InChI is InChI=1S/C10H13N2O7P.C2H2/c1-6-4-12(10(14)11-9(6)13)8-3-2-7(19-8)5-18-20(15,16)17;1-2/h2-4,7-8H,5H2,1H3,(H,11,13,14)(H2,15,16,17);1-2H. The van der Waals surface area contributed by atoms with Crippen molar-refractivity contribution in [2.24, 2.45) is 0 Å². The minimum absolute atomic E-state index is 0.339. The molecule has 1 aromatic rings. The molecule has 22 heavy (non-hydrogen) atoms. The molecule has 9 nitrogen and oxygen atoms in total. The topological polar surface area (TPSA) is 131 Å². The first-order valence-electron chi connectivity index (χ1n) is 5.95. The summed E-state index contributed by atoms with van der Waals surface area (Å²) < 4.78 is 21.4. The fraction of sp³-hybridized carbons (Fsp3) is 0.333. The predicted octanol–water partition coefficient (Wildman–Crippen LogP) is -0.343. The Morgan fingerprint density at radius 3 is 2.64 bits per heavy atom. The quantitative estimate of drug-likeness (QED) is 0.391. The van der Waals surface area contributed by atoms with E-state index in [-0.39, 0.29) is 6.61 Å². The van der Waals surface area contributed by atoms with Gasteiger partial charge < -0.3 is 14.5 Å². The van der Waals surface area contributed by atoms with Crippen LogP contribution in [-0.2, 0) is 13.8 Å². The van der Waals surface area contributed by atoms with Gasteiger partial charge in [0.25, 0.3) is 5.56 Å². The lowest BCUT2D eigenvalue weighted by atomic mass is 10.3. The zero-order valence-corrected chi connectivity index (χ0v) is 12.5. The van der Waals surface area contributed by atoms with Crippen LogP contribution < -0.4 is 11.2 Å². The number of nitrogens with zero attached hydrogens (tertiary/aromatic N) is 1. The fourth-order valence-corrected chi connectivity index (χ4v) is 2.03. The molecule has 2 atom stereocenters. The van der Waals surface area contributed by atoms with Crippen molar-refractivity contribution in [3.8, 4) is 12.8 Å². The number of hydrogen-bond acceptors (Lipinski definition) is 5. The number of aromatic nitrogens is 2. The van der Waals surface area contributed by atoms with Crippen LogP contribution in [0.15, 0.2) is 27.9 Å². The second-order valence-corrected chi connectivity index (χ2v) is 5.45. The number of phosphoric ester groups is 1. The third kappa shape index (κ3) is 4.80. The molecule has 0 saturated heterocycles. The second kappa shape index (κ2) is 7.35. The van der Waals surface area contributed by atoms with Crippen molar-refractivity contribution in [3.63, 3.8) is 0 Å². The van der Waals surface area contributed by atoms with Crippen LogP contribution in [0.4, 0.5) is 0 Å². The molecule has 0 saturated carbocycles.